The Balaban J connectivity index is 2.12. The molecule has 1 atom stereocenters. The van der Waals surface area contributed by atoms with Gasteiger partial charge >= 0.3 is 6.18 Å². The maximum absolute atomic E-state index is 12.5. The summed E-state index contributed by atoms with van der Waals surface area (Å²) in [7, 11) is -3.19. The fourth-order valence-corrected chi connectivity index (χ4v) is 3.82. The van der Waals surface area contributed by atoms with Gasteiger partial charge in [0.25, 0.3) is 0 Å². The minimum atomic E-state index is -4.55. The monoisotopic (exact) mass is 322 g/mol. The van der Waals surface area contributed by atoms with E-state index in [0.29, 0.717) is 0 Å². The summed E-state index contributed by atoms with van der Waals surface area (Å²) in [5.41, 5.74) is -0.676. The van der Waals surface area contributed by atoms with Gasteiger partial charge in [0.1, 0.15) is 5.69 Å². The molecule has 1 aliphatic heterocycles. The topological polar surface area (TPSA) is 76.1 Å². The van der Waals surface area contributed by atoms with Crippen molar-refractivity contribution < 1.29 is 26.4 Å². The van der Waals surface area contributed by atoms with E-state index in [4.69, 9.17) is 0 Å². The van der Waals surface area contributed by atoms with E-state index in [-0.39, 0.29) is 29.2 Å². The molecule has 1 fully saturated rings. The predicted octanol–water partition coefficient (Wildman–Crippen LogP) is 1.78. The molecule has 0 radical (unpaired) electrons. The molecule has 1 aromatic rings. The number of alkyl halides is 3. The molecule has 5 nitrogen and oxygen atoms in total. The summed E-state index contributed by atoms with van der Waals surface area (Å²) in [6, 6.07) is 0.834. The summed E-state index contributed by atoms with van der Waals surface area (Å²) in [6.07, 6.45) is -3.40. The van der Waals surface area contributed by atoms with Gasteiger partial charge in [0.2, 0.25) is 5.91 Å². The molecular weight excluding hydrogens is 309 g/mol. The molecule has 1 saturated heterocycles. The third-order valence-corrected chi connectivity index (χ3v) is 5.03. The van der Waals surface area contributed by atoms with Gasteiger partial charge in [-0.25, -0.2) is 13.4 Å². The van der Waals surface area contributed by atoms with Crippen molar-refractivity contribution in [1.29, 1.82) is 0 Å². The molecule has 2 heterocycles. The number of aryl methyl sites for hydroxylation is 1. The summed E-state index contributed by atoms with van der Waals surface area (Å²) in [5.74, 6) is -1.46. The third kappa shape index (κ3) is 3.72. The van der Waals surface area contributed by atoms with Crippen LogP contribution in [0, 0.1) is 12.8 Å². The Labute approximate surface area is 119 Å². The molecule has 0 bridgehead atoms. The number of aromatic nitrogens is 1. The Bertz CT molecular complexity index is 671. The first-order valence-corrected chi connectivity index (χ1v) is 7.96. The van der Waals surface area contributed by atoms with Crippen LogP contribution in [0.25, 0.3) is 0 Å². The molecule has 0 spiro atoms. The second-order valence-corrected chi connectivity index (χ2v) is 7.20. The highest BCUT2D eigenvalue weighted by Crippen LogP contribution is 2.30. The lowest BCUT2D eigenvalue weighted by atomic mass is 10.1. The summed E-state index contributed by atoms with van der Waals surface area (Å²) < 4.78 is 60.0. The third-order valence-electron chi connectivity index (χ3n) is 3.26. The Hall–Kier alpha value is -1.64. The Morgan fingerprint density at radius 1 is 1.43 bits per heavy atom. The lowest BCUT2D eigenvalue weighted by molar-refractivity contribution is -0.141. The van der Waals surface area contributed by atoms with E-state index >= 15 is 0 Å². The summed E-state index contributed by atoms with van der Waals surface area (Å²) in [5, 5.41) is 2.44. The second-order valence-electron chi connectivity index (χ2n) is 4.97. The minimum absolute atomic E-state index is 0.0463. The fourth-order valence-electron chi connectivity index (χ4n) is 2.08. The normalized spacial score (nSPS) is 21.2. The molecule has 1 amide bonds. The number of anilines is 1. The zero-order valence-electron chi connectivity index (χ0n) is 11.1. The van der Waals surface area contributed by atoms with Crippen molar-refractivity contribution in [1.82, 2.24) is 4.98 Å². The van der Waals surface area contributed by atoms with E-state index < -0.39 is 33.5 Å². The lowest BCUT2D eigenvalue weighted by Crippen LogP contribution is -2.24. The van der Waals surface area contributed by atoms with E-state index in [9.17, 15) is 26.4 Å². The van der Waals surface area contributed by atoms with Crippen LogP contribution in [0.5, 0.6) is 0 Å². The maximum Gasteiger partial charge on any atom is 0.433 e. The predicted molar refractivity (Wildman–Crippen MR) is 69.4 cm³/mol. The summed E-state index contributed by atoms with van der Waals surface area (Å²) in [6.45, 7) is 1.41. The molecule has 9 heteroatoms. The number of sulfone groups is 1. The number of amides is 1. The van der Waals surface area contributed by atoms with Crippen LogP contribution < -0.4 is 5.32 Å². The average molecular weight is 322 g/mol. The number of hydrogen-bond acceptors (Lipinski definition) is 4. The van der Waals surface area contributed by atoms with E-state index in [2.05, 4.69) is 10.3 Å². The van der Waals surface area contributed by atoms with Crippen LogP contribution in [0.2, 0.25) is 0 Å². The van der Waals surface area contributed by atoms with Gasteiger partial charge in [-0.15, -0.1) is 0 Å². The molecule has 21 heavy (non-hydrogen) atoms. The fraction of sp³-hybridized carbons (Fsp3) is 0.500. The van der Waals surface area contributed by atoms with Gasteiger partial charge in [0.15, 0.2) is 9.84 Å². The molecule has 2 rings (SSSR count). The zero-order valence-corrected chi connectivity index (χ0v) is 11.9. The second kappa shape index (κ2) is 5.28. The molecule has 0 aromatic carbocycles. The van der Waals surface area contributed by atoms with E-state index in [1.165, 1.54) is 6.92 Å². The number of rotatable bonds is 2. The van der Waals surface area contributed by atoms with Crippen molar-refractivity contribution >= 4 is 21.4 Å². The quantitative estimate of drug-likeness (QED) is 0.900. The van der Waals surface area contributed by atoms with Gasteiger partial charge in [0, 0.05) is 0 Å². The Kier molecular flexibility index (Phi) is 3.96. The van der Waals surface area contributed by atoms with Crippen LogP contribution in [0.1, 0.15) is 17.7 Å². The SMILES string of the molecule is Cc1cc(C(F)(F)F)ncc1NC(=O)C1CCS(=O)(=O)C1. The average Bonchev–Trinajstić information content (AvgIpc) is 2.71. The molecule has 1 aromatic heterocycles. The van der Waals surface area contributed by atoms with Crippen molar-refractivity contribution in [3.63, 3.8) is 0 Å². The van der Waals surface area contributed by atoms with Crippen molar-refractivity contribution in [3.05, 3.63) is 23.5 Å². The number of nitrogens with one attached hydrogen (secondary N) is 1. The van der Waals surface area contributed by atoms with Crippen LogP contribution in [0.4, 0.5) is 18.9 Å². The first-order chi connectivity index (χ1) is 9.58. The largest absolute Gasteiger partial charge is 0.433 e. The molecule has 1 N–H and O–H groups in total. The van der Waals surface area contributed by atoms with Gasteiger partial charge in [-0.1, -0.05) is 0 Å². The van der Waals surface area contributed by atoms with Crippen LogP contribution >= 0.6 is 0 Å². The molecule has 0 saturated carbocycles. The smallest absolute Gasteiger partial charge is 0.324 e. The van der Waals surface area contributed by atoms with Gasteiger partial charge in [0.05, 0.1) is 29.3 Å². The lowest BCUT2D eigenvalue weighted by Gasteiger charge is -2.13. The number of hydrogen-bond donors (Lipinski definition) is 1. The molecule has 1 unspecified atom stereocenters. The number of pyridine rings is 1. The first kappa shape index (κ1) is 15.7. The van der Waals surface area contributed by atoms with E-state index in [0.717, 1.165) is 12.3 Å². The van der Waals surface area contributed by atoms with Crippen LogP contribution in [0.15, 0.2) is 12.3 Å². The van der Waals surface area contributed by atoms with Crippen molar-refractivity contribution in [3.8, 4) is 0 Å². The van der Waals surface area contributed by atoms with Crippen molar-refractivity contribution in [2.45, 2.75) is 19.5 Å². The van der Waals surface area contributed by atoms with Crippen LogP contribution in [-0.4, -0.2) is 30.8 Å². The highest BCUT2D eigenvalue weighted by molar-refractivity contribution is 7.91. The van der Waals surface area contributed by atoms with E-state index in [1.54, 1.807) is 0 Å². The van der Waals surface area contributed by atoms with Gasteiger partial charge < -0.3 is 5.32 Å². The van der Waals surface area contributed by atoms with Gasteiger partial charge in [-0.05, 0) is 25.0 Å². The number of carbonyl (C=O) groups excluding carboxylic acids is 1. The van der Waals surface area contributed by atoms with Crippen molar-refractivity contribution in [2.75, 3.05) is 16.8 Å². The van der Waals surface area contributed by atoms with Gasteiger partial charge in [-0.2, -0.15) is 13.2 Å². The van der Waals surface area contributed by atoms with Crippen LogP contribution in [-0.2, 0) is 20.8 Å². The molecule has 0 aliphatic carbocycles. The highest BCUT2D eigenvalue weighted by Gasteiger charge is 2.34. The minimum Gasteiger partial charge on any atom is -0.324 e. The Morgan fingerprint density at radius 3 is 2.57 bits per heavy atom. The highest BCUT2D eigenvalue weighted by atomic mass is 32.2. The Morgan fingerprint density at radius 2 is 2.10 bits per heavy atom. The first-order valence-electron chi connectivity index (χ1n) is 6.13. The molecule has 116 valence electrons. The van der Waals surface area contributed by atoms with Crippen LogP contribution in [0.3, 0.4) is 0 Å². The molecular formula is C12H13F3N2O3S. The zero-order chi connectivity index (χ0) is 15.8. The summed E-state index contributed by atoms with van der Waals surface area (Å²) in [4.78, 5) is 15.2. The van der Waals surface area contributed by atoms with Crippen molar-refractivity contribution in [2.24, 2.45) is 5.92 Å². The maximum atomic E-state index is 12.5. The number of halogens is 3. The number of nitrogens with zero attached hydrogens (tertiary/aromatic N) is 1. The number of carbonyl (C=O) groups is 1. The standard InChI is InChI=1S/C12H13F3N2O3S/c1-7-4-10(12(13,14)15)16-5-9(7)17-11(18)8-2-3-21(19,20)6-8/h4-5,8H,2-3,6H2,1H3,(H,17,18). The summed E-state index contributed by atoms with van der Waals surface area (Å²) >= 11 is 0. The van der Waals surface area contributed by atoms with E-state index in [1.807, 2.05) is 0 Å². The molecule has 1 aliphatic rings. The van der Waals surface area contributed by atoms with Gasteiger partial charge in [-0.3, -0.25) is 4.79 Å².